The minimum atomic E-state index is -3.71. The zero-order valence-corrected chi connectivity index (χ0v) is 16.0. The topological polar surface area (TPSA) is 94.9 Å². The fraction of sp³-hybridized carbons (Fsp3) is 0.643. The molecule has 0 aliphatic carbocycles. The van der Waals surface area contributed by atoms with E-state index in [9.17, 15) is 8.42 Å². The molecule has 2 rings (SSSR count). The normalized spacial score (nSPS) is 13.3. The van der Waals surface area contributed by atoms with Crippen molar-refractivity contribution in [2.75, 3.05) is 7.11 Å². The van der Waals surface area contributed by atoms with E-state index >= 15 is 0 Å². The fourth-order valence-corrected chi connectivity index (χ4v) is 4.54. The highest BCUT2D eigenvalue weighted by Gasteiger charge is 2.32. The predicted molar refractivity (Wildman–Crippen MR) is 87.0 cm³/mol. The molecule has 2 aromatic rings. The van der Waals surface area contributed by atoms with E-state index in [2.05, 4.69) is 14.9 Å². The van der Waals surface area contributed by atoms with Crippen LogP contribution in [0.5, 0.6) is 6.01 Å². The lowest BCUT2D eigenvalue weighted by atomic mass is 10.3. The van der Waals surface area contributed by atoms with Crippen LogP contribution >= 0.6 is 0 Å². The van der Waals surface area contributed by atoms with Crippen LogP contribution in [0.2, 0.25) is 0 Å². The van der Waals surface area contributed by atoms with Crippen molar-refractivity contribution in [1.29, 1.82) is 0 Å². The number of nitrogens with zero attached hydrogens (tertiary/aromatic N) is 5. The molecule has 1 N–H and O–H groups in total. The summed E-state index contributed by atoms with van der Waals surface area (Å²) in [5.41, 5.74) is 1.34. The fourth-order valence-electron chi connectivity index (χ4n) is 2.81. The van der Waals surface area contributed by atoms with Crippen molar-refractivity contribution >= 4 is 10.0 Å². The number of hydrogen-bond donors (Lipinski definition) is 1. The molecule has 0 fully saturated rings. The van der Waals surface area contributed by atoms with Crippen LogP contribution in [-0.4, -0.2) is 35.0 Å². The highest BCUT2D eigenvalue weighted by Crippen LogP contribution is 2.22. The van der Waals surface area contributed by atoms with Crippen molar-refractivity contribution in [3.8, 4) is 6.01 Å². The van der Waals surface area contributed by atoms with E-state index in [0.29, 0.717) is 29.8 Å². The van der Waals surface area contributed by atoms with Gasteiger partial charge in [-0.1, -0.05) is 5.10 Å². The number of nitrogens with one attached hydrogen (secondary N) is 1. The number of aromatic nitrogens is 5. The lowest BCUT2D eigenvalue weighted by Crippen LogP contribution is -2.40. The van der Waals surface area contributed by atoms with Crippen molar-refractivity contribution < 1.29 is 17.8 Å². The Labute approximate surface area is 142 Å². The number of hydrogen-bond acceptors (Lipinski definition) is 5. The van der Waals surface area contributed by atoms with Crippen LogP contribution in [0.4, 0.5) is 0 Å². The Kier molecular flexibility index (Phi) is 5.00. The number of methoxy groups -OCH3 is 1. The van der Waals surface area contributed by atoms with E-state index in [1.807, 2.05) is 21.0 Å². The largest absolute Gasteiger partial charge is 0.467 e. The molecular weight excluding hydrogens is 332 g/mol. The summed E-state index contributed by atoms with van der Waals surface area (Å²) in [7, 11) is 1.44. The van der Waals surface area contributed by atoms with Crippen molar-refractivity contribution in [3.05, 3.63) is 17.2 Å². The molecule has 9 nitrogen and oxygen atoms in total. The lowest BCUT2D eigenvalue weighted by Gasteiger charge is -2.14. The van der Waals surface area contributed by atoms with Gasteiger partial charge in [0.05, 0.1) is 25.9 Å². The van der Waals surface area contributed by atoms with Gasteiger partial charge in [-0.2, -0.15) is 4.68 Å². The monoisotopic (exact) mass is 357 g/mol. The third kappa shape index (κ3) is 2.91. The first-order valence-corrected chi connectivity index (χ1v) is 9.15. The molecule has 0 radical (unpaired) electrons. The summed E-state index contributed by atoms with van der Waals surface area (Å²) in [6.07, 6.45) is 0. The van der Waals surface area contributed by atoms with Gasteiger partial charge in [0, 0.05) is 13.5 Å². The first-order chi connectivity index (χ1) is 11.2. The average Bonchev–Trinajstić information content (AvgIpc) is 3.02. The van der Waals surface area contributed by atoms with Gasteiger partial charge >= 0.3 is 6.01 Å². The van der Waals surface area contributed by atoms with E-state index < -0.39 is 16.1 Å². The van der Waals surface area contributed by atoms with E-state index in [1.54, 1.807) is 34.7 Å². The summed E-state index contributed by atoms with van der Waals surface area (Å²) in [6, 6.07) is -0.187. The molecule has 0 bridgehead atoms. The van der Waals surface area contributed by atoms with Gasteiger partial charge in [-0.25, -0.2) is 13.1 Å². The highest BCUT2D eigenvalue weighted by atomic mass is 32.2. The number of ether oxygens (including phenoxy) is 1. The quantitative estimate of drug-likeness (QED) is 0.741. The van der Waals surface area contributed by atoms with E-state index in [-0.39, 0.29) is 4.90 Å². The first-order valence-electron chi connectivity index (χ1n) is 7.67. The van der Waals surface area contributed by atoms with Crippen molar-refractivity contribution in [3.63, 3.8) is 0 Å². The molecule has 2 aromatic heterocycles. The molecule has 0 saturated carbocycles. The first kappa shape index (κ1) is 18.4. The van der Waals surface area contributed by atoms with Gasteiger partial charge in [-0.3, -0.25) is 4.57 Å². The maximum Gasteiger partial charge on any atom is 0.316 e. The minimum absolute atomic E-state index is 0.286. The Hall–Kier alpha value is -1.94. The summed E-state index contributed by atoms with van der Waals surface area (Å²) in [6.45, 7) is 7.80. The highest BCUT2D eigenvalue weighted by molar-refractivity contribution is 7.89. The lowest BCUT2D eigenvalue weighted by molar-refractivity contribution is -0.757. The zero-order chi connectivity index (χ0) is 18.2. The standard InChI is InChI=1S/C14H25N6O3S/c1-8-20-13(15-16-14(20)23-7)9(2)17-24(21,22)12-10(3)18(5)19(6)11(12)4/h9,17H,8H2,1-7H3/q+1/t9-/m1/s1. The summed E-state index contributed by atoms with van der Waals surface area (Å²) in [4.78, 5) is 0.286. The maximum absolute atomic E-state index is 12.9. The molecular formula is C14H25N6O3S+. The van der Waals surface area contributed by atoms with Crippen molar-refractivity contribution in [2.24, 2.45) is 14.1 Å². The zero-order valence-electron chi connectivity index (χ0n) is 15.2. The summed E-state index contributed by atoms with van der Waals surface area (Å²) >= 11 is 0. The van der Waals surface area contributed by atoms with E-state index in [4.69, 9.17) is 4.74 Å². The molecule has 2 heterocycles. The van der Waals surface area contributed by atoms with Crippen LogP contribution in [-0.2, 0) is 30.7 Å². The Bertz CT molecular complexity index is 827. The molecule has 0 spiro atoms. The molecule has 24 heavy (non-hydrogen) atoms. The molecule has 0 amide bonds. The van der Waals surface area contributed by atoms with Crippen LogP contribution in [0.3, 0.4) is 0 Å². The smallest absolute Gasteiger partial charge is 0.316 e. The molecule has 10 heteroatoms. The van der Waals surface area contributed by atoms with Gasteiger partial charge in [0.15, 0.2) is 17.8 Å². The third-order valence-electron chi connectivity index (χ3n) is 4.31. The van der Waals surface area contributed by atoms with Crippen LogP contribution in [0.25, 0.3) is 0 Å². The second-order valence-corrected chi connectivity index (χ2v) is 7.33. The van der Waals surface area contributed by atoms with Gasteiger partial charge in [0.2, 0.25) is 15.7 Å². The van der Waals surface area contributed by atoms with Crippen molar-refractivity contribution in [1.82, 2.24) is 24.2 Å². The molecule has 1 atom stereocenters. The molecule has 134 valence electrons. The second-order valence-electron chi connectivity index (χ2n) is 5.68. The van der Waals surface area contributed by atoms with Crippen LogP contribution < -0.4 is 14.1 Å². The van der Waals surface area contributed by atoms with Gasteiger partial charge in [0.1, 0.15) is 0 Å². The van der Waals surface area contributed by atoms with Gasteiger partial charge in [0.25, 0.3) is 0 Å². The van der Waals surface area contributed by atoms with E-state index in [0.717, 1.165) is 0 Å². The average molecular weight is 357 g/mol. The Morgan fingerprint density at radius 1 is 1.33 bits per heavy atom. The molecule has 0 aliphatic rings. The molecule has 0 aliphatic heterocycles. The van der Waals surface area contributed by atoms with Gasteiger partial charge in [-0.15, -0.1) is 9.78 Å². The van der Waals surface area contributed by atoms with Crippen LogP contribution in [0.1, 0.15) is 37.1 Å². The molecule has 0 saturated heterocycles. The van der Waals surface area contributed by atoms with Gasteiger partial charge < -0.3 is 4.74 Å². The Morgan fingerprint density at radius 2 is 1.96 bits per heavy atom. The minimum Gasteiger partial charge on any atom is -0.467 e. The van der Waals surface area contributed by atoms with Crippen LogP contribution in [0, 0.1) is 13.8 Å². The third-order valence-corrected chi connectivity index (χ3v) is 6.10. The summed E-state index contributed by atoms with van der Waals surface area (Å²) < 4.78 is 38.9. The Balaban J connectivity index is 2.40. The Morgan fingerprint density at radius 3 is 2.42 bits per heavy atom. The maximum atomic E-state index is 12.9. The molecule has 0 aromatic carbocycles. The van der Waals surface area contributed by atoms with Crippen molar-refractivity contribution in [2.45, 2.75) is 45.2 Å². The number of sulfonamides is 1. The predicted octanol–water partition coefficient (Wildman–Crippen LogP) is 0.126. The van der Waals surface area contributed by atoms with Crippen LogP contribution in [0.15, 0.2) is 4.90 Å². The second kappa shape index (κ2) is 6.52. The molecule has 0 unspecified atom stereocenters. The van der Waals surface area contributed by atoms with E-state index in [1.165, 1.54) is 7.11 Å². The summed E-state index contributed by atoms with van der Waals surface area (Å²) in [5, 5.41) is 7.98. The van der Waals surface area contributed by atoms with Gasteiger partial charge in [-0.05, 0) is 20.8 Å². The number of rotatable bonds is 6. The summed E-state index contributed by atoms with van der Waals surface area (Å²) in [5.74, 6) is 0.508. The SMILES string of the molecule is CCn1c(OC)nnc1[C@@H](C)NS(=O)(=O)c1c(C)n(C)[n+](C)c1C.